The predicted molar refractivity (Wildman–Crippen MR) is 219 cm³/mol. The molecule has 2 aromatic carbocycles. The molecule has 0 atom stereocenters. The van der Waals surface area contributed by atoms with E-state index in [1.165, 1.54) is 123 Å². The van der Waals surface area contributed by atoms with E-state index >= 15 is 0 Å². The second-order valence-electron chi connectivity index (χ2n) is 16.4. The minimum atomic E-state index is 0.0414. The van der Waals surface area contributed by atoms with Crippen molar-refractivity contribution in [3.8, 4) is 11.1 Å². The number of aliphatic imine (C=N–C) groups is 2. The van der Waals surface area contributed by atoms with Crippen LogP contribution in [0.4, 0.5) is 0 Å². The fraction of sp³-hybridized carbons (Fsp3) is 0.617. The van der Waals surface area contributed by atoms with Gasteiger partial charge in [0.1, 0.15) is 0 Å². The largest absolute Gasteiger partial charge is 0.286 e. The van der Waals surface area contributed by atoms with Crippen LogP contribution in [0.5, 0.6) is 0 Å². The van der Waals surface area contributed by atoms with Crippen LogP contribution in [0.2, 0.25) is 0 Å². The highest BCUT2D eigenvalue weighted by Gasteiger charge is 2.43. The van der Waals surface area contributed by atoms with Gasteiger partial charge in [0.15, 0.2) is 0 Å². The van der Waals surface area contributed by atoms with Gasteiger partial charge in [-0.15, -0.1) is 0 Å². The Morgan fingerprint density at radius 2 is 1.06 bits per heavy atom. The third-order valence-corrected chi connectivity index (χ3v) is 12.5. The van der Waals surface area contributed by atoms with Crippen LogP contribution in [0.1, 0.15) is 180 Å². The Labute approximate surface area is 302 Å². The van der Waals surface area contributed by atoms with Gasteiger partial charge >= 0.3 is 0 Å². The third-order valence-electron chi connectivity index (χ3n) is 12.5. The molecule has 2 aliphatic carbocycles. The molecule has 0 aliphatic heterocycles. The first-order valence-corrected chi connectivity index (χ1v) is 20.2. The van der Waals surface area contributed by atoms with Gasteiger partial charge in [-0.05, 0) is 81.5 Å². The molecule has 0 unspecified atom stereocenters. The quantitative estimate of drug-likeness (QED) is 0.106. The molecule has 0 saturated carbocycles. The van der Waals surface area contributed by atoms with Crippen molar-refractivity contribution >= 4 is 17.0 Å². The van der Waals surface area contributed by atoms with Crippen LogP contribution in [-0.4, -0.2) is 25.5 Å². The van der Waals surface area contributed by atoms with Crippen molar-refractivity contribution in [2.24, 2.45) is 15.4 Å². The lowest BCUT2D eigenvalue weighted by Gasteiger charge is -2.35. The molecule has 2 heteroatoms. The van der Waals surface area contributed by atoms with Gasteiger partial charge in [-0.2, -0.15) is 0 Å². The van der Waals surface area contributed by atoms with Crippen molar-refractivity contribution in [2.45, 2.75) is 169 Å². The van der Waals surface area contributed by atoms with Crippen LogP contribution in [0.25, 0.3) is 16.7 Å². The van der Waals surface area contributed by atoms with E-state index in [9.17, 15) is 0 Å². The molecule has 0 fully saturated rings. The molecule has 0 N–H and O–H groups in total. The molecular weight excluding hydrogens is 593 g/mol. The molecule has 49 heavy (non-hydrogen) atoms. The lowest BCUT2D eigenvalue weighted by Crippen LogP contribution is -2.30. The zero-order chi connectivity index (χ0) is 35.7. The normalized spacial score (nSPS) is 17.3. The summed E-state index contributed by atoms with van der Waals surface area (Å²) in [6.45, 7) is 18.8. The summed E-state index contributed by atoms with van der Waals surface area (Å²) in [4.78, 5) is 9.78. The average molecular weight is 663 g/mol. The van der Waals surface area contributed by atoms with Crippen molar-refractivity contribution in [3.63, 3.8) is 0 Å². The standard InChI is InChI=1S/C47H70N2/c1-11-15-17-19-21-23-31-47(32-24-22-20-18-16-12-2)41-33-35(37-29-30-40(46(7,8)14-4)44(49-10)43(37)48-9)25-27-38(41)39-28-26-36(34-42(39)47)45(5,6)13-3/h25-30,33-34H,11-24,31-32H2,1-10H3/b48-43-,49-44-. The number of unbranched alkanes of at least 4 members (excludes halogenated alkanes) is 10. The topological polar surface area (TPSA) is 24.7 Å². The van der Waals surface area contributed by atoms with Crippen LogP contribution in [0, 0.1) is 5.41 Å². The molecule has 268 valence electrons. The summed E-state index contributed by atoms with van der Waals surface area (Å²) in [7, 11) is 3.88. The maximum Gasteiger partial charge on any atom is 0.0904 e. The highest BCUT2D eigenvalue weighted by Crippen LogP contribution is 2.56. The molecule has 2 aliphatic rings. The molecule has 0 saturated heterocycles. The van der Waals surface area contributed by atoms with Gasteiger partial charge in [0.2, 0.25) is 0 Å². The second kappa shape index (κ2) is 17.5. The van der Waals surface area contributed by atoms with Crippen molar-refractivity contribution in [1.29, 1.82) is 0 Å². The van der Waals surface area contributed by atoms with E-state index in [4.69, 9.17) is 9.98 Å². The maximum absolute atomic E-state index is 4.92. The van der Waals surface area contributed by atoms with Crippen LogP contribution in [0.15, 0.2) is 64.1 Å². The van der Waals surface area contributed by atoms with E-state index in [-0.39, 0.29) is 16.2 Å². The van der Waals surface area contributed by atoms with Crippen LogP contribution < -0.4 is 0 Å². The van der Waals surface area contributed by atoms with Gasteiger partial charge in [0.25, 0.3) is 0 Å². The summed E-state index contributed by atoms with van der Waals surface area (Å²) in [5, 5.41) is 0. The number of hydrogen-bond acceptors (Lipinski definition) is 2. The lowest BCUT2D eigenvalue weighted by molar-refractivity contribution is 0.396. The minimum Gasteiger partial charge on any atom is -0.286 e. The first-order chi connectivity index (χ1) is 23.5. The SMILES string of the molecule is CCCCCCCCC1(CCCCCCCC)c2cc(C3=CC=C(C(C)(C)CC)C(=N/C)/C3=N\C)ccc2-c2ccc(C(C)(C)CC)cc21. The van der Waals surface area contributed by atoms with Crippen molar-refractivity contribution in [3.05, 3.63) is 76.4 Å². The molecule has 0 bridgehead atoms. The zero-order valence-electron chi connectivity index (χ0n) is 33.3. The van der Waals surface area contributed by atoms with Gasteiger partial charge in [-0.1, -0.05) is 175 Å². The van der Waals surface area contributed by atoms with E-state index < -0.39 is 0 Å². The van der Waals surface area contributed by atoms with Crippen LogP contribution in [-0.2, 0) is 10.8 Å². The number of fused-ring (bicyclic) bond motifs is 3. The summed E-state index contributed by atoms with van der Waals surface area (Å²) >= 11 is 0. The Morgan fingerprint density at radius 3 is 1.59 bits per heavy atom. The summed E-state index contributed by atoms with van der Waals surface area (Å²) in [5.41, 5.74) is 13.7. The van der Waals surface area contributed by atoms with Crippen molar-refractivity contribution in [2.75, 3.05) is 14.1 Å². The molecule has 0 heterocycles. The summed E-state index contributed by atoms with van der Waals surface area (Å²) in [6.07, 6.45) is 25.3. The fourth-order valence-electron chi connectivity index (χ4n) is 8.37. The average Bonchev–Trinajstić information content (AvgIpc) is 3.38. The van der Waals surface area contributed by atoms with Gasteiger partial charge in [0.05, 0.1) is 11.4 Å². The van der Waals surface area contributed by atoms with Crippen molar-refractivity contribution < 1.29 is 0 Å². The zero-order valence-corrected chi connectivity index (χ0v) is 33.3. The van der Waals surface area contributed by atoms with Crippen molar-refractivity contribution in [1.82, 2.24) is 0 Å². The Bertz CT molecular complexity index is 1510. The number of hydrogen-bond donors (Lipinski definition) is 0. The molecule has 2 nitrogen and oxygen atoms in total. The first-order valence-electron chi connectivity index (χ1n) is 20.2. The maximum atomic E-state index is 4.92. The molecule has 0 radical (unpaired) electrons. The Kier molecular flexibility index (Phi) is 13.9. The molecule has 0 aromatic heterocycles. The second-order valence-corrected chi connectivity index (χ2v) is 16.4. The van der Waals surface area contributed by atoms with Gasteiger partial charge < -0.3 is 0 Å². The number of nitrogens with zero attached hydrogens (tertiary/aromatic N) is 2. The molecule has 0 amide bonds. The first kappa shape index (κ1) is 39.1. The van der Waals surface area contributed by atoms with Crippen LogP contribution in [0.3, 0.4) is 0 Å². The highest BCUT2D eigenvalue weighted by molar-refractivity contribution is 6.63. The monoisotopic (exact) mass is 663 g/mol. The van der Waals surface area contributed by atoms with Crippen LogP contribution >= 0.6 is 0 Å². The number of allylic oxidation sites excluding steroid dienone is 4. The van der Waals surface area contributed by atoms with E-state index in [1.54, 1.807) is 11.1 Å². The van der Waals surface area contributed by atoms with E-state index in [0.717, 1.165) is 24.3 Å². The van der Waals surface area contributed by atoms with E-state index in [1.807, 2.05) is 14.1 Å². The smallest absolute Gasteiger partial charge is 0.0904 e. The predicted octanol–water partition coefficient (Wildman–Crippen LogP) is 14.0. The number of rotatable bonds is 19. The number of benzene rings is 2. The van der Waals surface area contributed by atoms with Gasteiger partial charge in [0, 0.05) is 25.1 Å². The molecular formula is C47H70N2. The lowest BCUT2D eigenvalue weighted by atomic mass is 9.69. The highest BCUT2D eigenvalue weighted by atomic mass is 14.8. The summed E-state index contributed by atoms with van der Waals surface area (Å²) in [6, 6.07) is 15.0. The van der Waals surface area contributed by atoms with E-state index in [2.05, 4.69) is 104 Å². The fourth-order valence-corrected chi connectivity index (χ4v) is 8.37. The Hall–Kier alpha value is -2.74. The van der Waals surface area contributed by atoms with Gasteiger partial charge in [-0.25, -0.2) is 0 Å². The summed E-state index contributed by atoms with van der Waals surface area (Å²) < 4.78 is 0. The summed E-state index contributed by atoms with van der Waals surface area (Å²) in [5.74, 6) is 0. The minimum absolute atomic E-state index is 0.0414. The Morgan fingerprint density at radius 1 is 0.551 bits per heavy atom. The molecule has 0 spiro atoms. The Balaban J connectivity index is 1.87. The van der Waals surface area contributed by atoms with Gasteiger partial charge in [-0.3, -0.25) is 9.98 Å². The third kappa shape index (κ3) is 8.43. The molecule has 2 aromatic rings. The molecule has 4 rings (SSSR count). The van der Waals surface area contributed by atoms with E-state index in [0.29, 0.717) is 0 Å².